The van der Waals surface area contributed by atoms with E-state index in [0.29, 0.717) is 22.7 Å². The number of ether oxygens (including phenoxy) is 2. The molecule has 2 aromatic rings. The van der Waals surface area contributed by atoms with E-state index >= 15 is 0 Å². The van der Waals surface area contributed by atoms with Crippen LogP contribution in [0.1, 0.15) is 11.1 Å². The molecule has 2 rings (SSSR count). The van der Waals surface area contributed by atoms with Crippen molar-refractivity contribution in [1.82, 2.24) is 0 Å². The second kappa shape index (κ2) is 7.45. The molecule has 0 aromatic heterocycles. The van der Waals surface area contributed by atoms with Crippen molar-refractivity contribution in [3.8, 4) is 11.5 Å². The van der Waals surface area contributed by atoms with Gasteiger partial charge in [0, 0.05) is 11.8 Å². The minimum Gasteiger partial charge on any atom is -0.493 e. The second-order valence-electron chi connectivity index (χ2n) is 4.90. The molecule has 2 aromatic carbocycles. The van der Waals surface area contributed by atoms with Gasteiger partial charge in [0.05, 0.1) is 14.2 Å². The van der Waals surface area contributed by atoms with Crippen LogP contribution in [0.2, 0.25) is 0 Å². The van der Waals surface area contributed by atoms with Crippen molar-refractivity contribution in [3.05, 3.63) is 59.4 Å². The van der Waals surface area contributed by atoms with Gasteiger partial charge in [-0.05, 0) is 54.5 Å². The van der Waals surface area contributed by atoms with Crippen LogP contribution >= 0.6 is 0 Å². The van der Waals surface area contributed by atoms with E-state index < -0.39 is 0 Å². The van der Waals surface area contributed by atoms with Crippen LogP contribution < -0.4 is 14.8 Å². The quantitative estimate of drug-likeness (QED) is 0.854. The average Bonchev–Trinajstić information content (AvgIpc) is 2.55. The smallest absolute Gasteiger partial charge is 0.248 e. The number of carbonyl (C=O) groups is 1. The SMILES string of the molecule is COc1ccc(/C=C/C(=O)Nc2ccc(F)cc2C)cc1OC. The molecule has 0 atom stereocenters. The van der Waals surface area contributed by atoms with E-state index in [1.54, 1.807) is 39.4 Å². The predicted molar refractivity (Wildman–Crippen MR) is 88.3 cm³/mol. The van der Waals surface area contributed by atoms with Gasteiger partial charge in [0.15, 0.2) is 11.5 Å². The van der Waals surface area contributed by atoms with Gasteiger partial charge in [-0.3, -0.25) is 4.79 Å². The van der Waals surface area contributed by atoms with Crippen LogP contribution in [0.25, 0.3) is 6.08 Å². The number of rotatable bonds is 5. The summed E-state index contributed by atoms with van der Waals surface area (Å²) in [7, 11) is 3.11. The predicted octanol–water partition coefficient (Wildman–Crippen LogP) is 3.80. The highest BCUT2D eigenvalue weighted by Gasteiger charge is 2.05. The summed E-state index contributed by atoms with van der Waals surface area (Å²) in [5, 5.41) is 2.71. The number of benzene rings is 2. The van der Waals surface area contributed by atoms with E-state index in [0.717, 1.165) is 5.56 Å². The Morgan fingerprint density at radius 2 is 1.83 bits per heavy atom. The van der Waals surface area contributed by atoms with Gasteiger partial charge >= 0.3 is 0 Å². The molecule has 5 heteroatoms. The van der Waals surface area contributed by atoms with Crippen LogP contribution in [-0.2, 0) is 4.79 Å². The van der Waals surface area contributed by atoms with E-state index in [-0.39, 0.29) is 11.7 Å². The summed E-state index contributed by atoms with van der Waals surface area (Å²) in [6.45, 7) is 1.73. The maximum absolute atomic E-state index is 13.0. The molecule has 1 amide bonds. The monoisotopic (exact) mass is 315 g/mol. The van der Waals surface area contributed by atoms with Crippen LogP contribution in [0.3, 0.4) is 0 Å². The van der Waals surface area contributed by atoms with Gasteiger partial charge in [0.25, 0.3) is 0 Å². The van der Waals surface area contributed by atoms with E-state index in [2.05, 4.69) is 5.32 Å². The van der Waals surface area contributed by atoms with Crippen molar-refractivity contribution in [3.63, 3.8) is 0 Å². The standard InChI is InChI=1S/C18H18FNO3/c1-12-10-14(19)6-7-15(12)20-18(21)9-5-13-4-8-16(22-2)17(11-13)23-3/h4-11H,1-3H3,(H,20,21)/b9-5+. The number of carbonyl (C=O) groups excluding carboxylic acids is 1. The minimum absolute atomic E-state index is 0.297. The normalized spacial score (nSPS) is 10.6. The molecule has 0 bridgehead atoms. The van der Waals surface area contributed by atoms with E-state index in [4.69, 9.17) is 9.47 Å². The summed E-state index contributed by atoms with van der Waals surface area (Å²) in [5.74, 6) is 0.580. The molecule has 1 N–H and O–H groups in total. The summed E-state index contributed by atoms with van der Waals surface area (Å²) in [5.41, 5.74) is 2.04. The number of hydrogen-bond acceptors (Lipinski definition) is 3. The Labute approximate surface area is 134 Å². The first-order chi connectivity index (χ1) is 11.0. The van der Waals surface area contributed by atoms with Crippen LogP contribution in [0.4, 0.5) is 10.1 Å². The Kier molecular flexibility index (Phi) is 5.36. The third kappa shape index (κ3) is 4.32. The van der Waals surface area contributed by atoms with Crippen LogP contribution in [0.5, 0.6) is 11.5 Å². The molecule has 0 fully saturated rings. The molecule has 23 heavy (non-hydrogen) atoms. The van der Waals surface area contributed by atoms with Gasteiger partial charge in [-0.25, -0.2) is 4.39 Å². The molecule has 4 nitrogen and oxygen atoms in total. The summed E-state index contributed by atoms with van der Waals surface area (Å²) < 4.78 is 23.4. The highest BCUT2D eigenvalue weighted by Crippen LogP contribution is 2.28. The summed E-state index contributed by atoms with van der Waals surface area (Å²) >= 11 is 0. The summed E-state index contributed by atoms with van der Waals surface area (Å²) in [6.07, 6.45) is 3.07. The lowest BCUT2D eigenvalue weighted by Crippen LogP contribution is -2.09. The molecule has 0 radical (unpaired) electrons. The molecular formula is C18H18FNO3. The Morgan fingerprint density at radius 1 is 1.09 bits per heavy atom. The van der Waals surface area contributed by atoms with Crippen molar-refractivity contribution in [2.45, 2.75) is 6.92 Å². The molecular weight excluding hydrogens is 297 g/mol. The first-order valence-corrected chi connectivity index (χ1v) is 7.00. The number of hydrogen-bond donors (Lipinski definition) is 1. The molecule has 0 spiro atoms. The zero-order valence-corrected chi connectivity index (χ0v) is 13.2. The Bertz CT molecular complexity index is 741. The van der Waals surface area contributed by atoms with Gasteiger partial charge in [0.1, 0.15) is 5.82 Å². The number of halogens is 1. The fourth-order valence-electron chi connectivity index (χ4n) is 2.07. The van der Waals surface area contributed by atoms with Gasteiger partial charge in [-0.1, -0.05) is 6.07 Å². The molecule has 0 heterocycles. The number of anilines is 1. The second-order valence-corrected chi connectivity index (χ2v) is 4.90. The highest BCUT2D eigenvalue weighted by molar-refractivity contribution is 6.02. The number of nitrogens with one attached hydrogen (secondary N) is 1. The highest BCUT2D eigenvalue weighted by atomic mass is 19.1. The molecule has 0 aliphatic carbocycles. The third-order valence-corrected chi connectivity index (χ3v) is 3.28. The van der Waals surface area contributed by atoms with E-state index in [9.17, 15) is 9.18 Å². The number of aryl methyl sites for hydroxylation is 1. The lowest BCUT2D eigenvalue weighted by molar-refractivity contribution is -0.111. The summed E-state index contributed by atoms with van der Waals surface area (Å²) in [6, 6.07) is 9.56. The summed E-state index contributed by atoms with van der Waals surface area (Å²) in [4.78, 5) is 12.0. The first kappa shape index (κ1) is 16.5. The lowest BCUT2D eigenvalue weighted by Gasteiger charge is -2.08. The zero-order chi connectivity index (χ0) is 16.8. The fraction of sp³-hybridized carbons (Fsp3) is 0.167. The Morgan fingerprint density at radius 3 is 2.48 bits per heavy atom. The maximum Gasteiger partial charge on any atom is 0.248 e. The Hall–Kier alpha value is -2.82. The largest absolute Gasteiger partial charge is 0.493 e. The minimum atomic E-state index is -0.332. The van der Waals surface area contributed by atoms with Gasteiger partial charge < -0.3 is 14.8 Å². The van der Waals surface area contributed by atoms with Crippen molar-refractivity contribution in [2.75, 3.05) is 19.5 Å². The van der Waals surface area contributed by atoms with E-state index in [1.165, 1.54) is 24.3 Å². The maximum atomic E-state index is 13.0. The molecule has 0 aliphatic heterocycles. The van der Waals surface area contributed by atoms with Crippen molar-refractivity contribution >= 4 is 17.7 Å². The molecule has 0 saturated heterocycles. The average molecular weight is 315 g/mol. The fourth-order valence-corrected chi connectivity index (χ4v) is 2.07. The van der Waals surface area contributed by atoms with Crippen LogP contribution in [0.15, 0.2) is 42.5 Å². The van der Waals surface area contributed by atoms with Crippen molar-refractivity contribution in [2.24, 2.45) is 0 Å². The first-order valence-electron chi connectivity index (χ1n) is 7.00. The topological polar surface area (TPSA) is 47.6 Å². The molecule has 0 unspecified atom stereocenters. The van der Waals surface area contributed by atoms with E-state index in [1.807, 2.05) is 6.07 Å². The van der Waals surface area contributed by atoms with Crippen LogP contribution in [-0.4, -0.2) is 20.1 Å². The molecule has 0 saturated carbocycles. The zero-order valence-electron chi connectivity index (χ0n) is 13.2. The lowest BCUT2D eigenvalue weighted by atomic mass is 10.1. The van der Waals surface area contributed by atoms with Gasteiger partial charge in [0.2, 0.25) is 5.91 Å². The van der Waals surface area contributed by atoms with Crippen LogP contribution in [0, 0.1) is 12.7 Å². The number of amides is 1. The van der Waals surface area contributed by atoms with Crippen molar-refractivity contribution < 1.29 is 18.7 Å². The molecule has 0 aliphatic rings. The van der Waals surface area contributed by atoms with Crippen molar-refractivity contribution in [1.29, 1.82) is 0 Å². The van der Waals surface area contributed by atoms with Gasteiger partial charge in [-0.15, -0.1) is 0 Å². The number of methoxy groups -OCH3 is 2. The Balaban J connectivity index is 2.09. The molecule has 120 valence electrons. The van der Waals surface area contributed by atoms with Gasteiger partial charge in [-0.2, -0.15) is 0 Å². The third-order valence-electron chi connectivity index (χ3n) is 3.28.